The molecule has 0 saturated carbocycles. The van der Waals surface area contributed by atoms with Crippen molar-refractivity contribution < 1.29 is 8.78 Å². The maximum Gasteiger partial charge on any atom is 0.191 e. The molecule has 0 aliphatic carbocycles. The second-order valence-corrected chi connectivity index (χ2v) is 7.28. The van der Waals surface area contributed by atoms with E-state index in [9.17, 15) is 8.78 Å². The molecule has 1 fully saturated rings. The summed E-state index contributed by atoms with van der Waals surface area (Å²) in [6, 6.07) is 12.1. The van der Waals surface area contributed by atoms with E-state index in [-0.39, 0.29) is 6.04 Å². The molecule has 152 valence electrons. The highest BCUT2D eigenvalue weighted by molar-refractivity contribution is 5.83. The number of nitrogens with zero attached hydrogens (tertiary/aromatic N) is 2. The van der Waals surface area contributed by atoms with Gasteiger partial charge in [-0.25, -0.2) is 8.78 Å². The number of hydrogen-bond acceptors (Lipinski definition) is 2. The van der Waals surface area contributed by atoms with E-state index in [2.05, 4.69) is 38.9 Å². The molecule has 0 bridgehead atoms. The van der Waals surface area contributed by atoms with Gasteiger partial charge in [0.05, 0.1) is 5.69 Å². The van der Waals surface area contributed by atoms with Crippen molar-refractivity contribution in [1.29, 1.82) is 0 Å². The minimum Gasteiger partial charge on any atom is -0.367 e. The number of para-hydroxylation sites is 1. The van der Waals surface area contributed by atoms with E-state index in [1.807, 2.05) is 17.0 Å². The number of benzene rings is 2. The molecule has 3 aromatic rings. The molecular formula is C22H25F2N5. The van der Waals surface area contributed by atoms with Crippen LogP contribution in [0, 0.1) is 11.6 Å². The van der Waals surface area contributed by atoms with Crippen LogP contribution in [0.3, 0.4) is 0 Å². The number of aromatic nitrogens is 1. The van der Waals surface area contributed by atoms with Crippen LogP contribution in [0.2, 0.25) is 0 Å². The fourth-order valence-electron chi connectivity index (χ4n) is 3.88. The summed E-state index contributed by atoms with van der Waals surface area (Å²) in [6.07, 6.45) is 3.79. The zero-order valence-corrected chi connectivity index (χ0v) is 16.4. The van der Waals surface area contributed by atoms with Crippen LogP contribution < -0.4 is 15.5 Å². The van der Waals surface area contributed by atoms with E-state index >= 15 is 0 Å². The average molecular weight is 397 g/mol. The Balaban J connectivity index is 1.29. The largest absolute Gasteiger partial charge is 0.367 e. The summed E-state index contributed by atoms with van der Waals surface area (Å²) in [4.78, 5) is 9.53. The maximum atomic E-state index is 14.0. The first-order chi connectivity index (χ1) is 14.1. The molecule has 0 radical (unpaired) electrons. The second kappa shape index (κ2) is 8.51. The van der Waals surface area contributed by atoms with Crippen molar-refractivity contribution >= 4 is 22.5 Å². The number of halogens is 2. The molecule has 4 rings (SSSR count). The number of hydrogen-bond donors (Lipinski definition) is 3. The molecule has 1 saturated heterocycles. The Morgan fingerprint density at radius 2 is 2.10 bits per heavy atom. The van der Waals surface area contributed by atoms with Crippen LogP contribution in [0.25, 0.3) is 10.9 Å². The van der Waals surface area contributed by atoms with Gasteiger partial charge in [-0.2, -0.15) is 0 Å². The lowest BCUT2D eigenvalue weighted by atomic mass is 10.1. The van der Waals surface area contributed by atoms with Crippen LogP contribution >= 0.6 is 0 Å². The molecular weight excluding hydrogens is 372 g/mol. The number of guanidine groups is 1. The van der Waals surface area contributed by atoms with Crippen molar-refractivity contribution in [1.82, 2.24) is 15.6 Å². The van der Waals surface area contributed by atoms with E-state index in [0.717, 1.165) is 36.9 Å². The summed E-state index contributed by atoms with van der Waals surface area (Å²) in [5.74, 6) is -0.344. The third kappa shape index (κ3) is 4.34. The summed E-state index contributed by atoms with van der Waals surface area (Å²) >= 11 is 0. The van der Waals surface area contributed by atoms with E-state index < -0.39 is 11.6 Å². The van der Waals surface area contributed by atoms with Gasteiger partial charge in [0.25, 0.3) is 0 Å². The SMILES string of the molecule is CN=C(NCCc1c[nH]c2ccccc12)NC1CCN(c2ccc(F)cc2F)C1. The summed E-state index contributed by atoms with van der Waals surface area (Å²) in [6.45, 7) is 2.11. The van der Waals surface area contributed by atoms with Gasteiger partial charge in [0.15, 0.2) is 5.96 Å². The molecule has 1 unspecified atom stereocenters. The predicted molar refractivity (Wildman–Crippen MR) is 113 cm³/mol. The zero-order valence-electron chi connectivity index (χ0n) is 16.4. The Bertz CT molecular complexity index is 1010. The molecule has 2 heterocycles. The van der Waals surface area contributed by atoms with Crippen molar-refractivity contribution in [3.63, 3.8) is 0 Å². The fraction of sp³-hybridized carbons (Fsp3) is 0.318. The first-order valence-electron chi connectivity index (χ1n) is 9.86. The van der Waals surface area contributed by atoms with Gasteiger partial charge in [0, 0.05) is 55.9 Å². The molecule has 1 aromatic heterocycles. The lowest BCUT2D eigenvalue weighted by Crippen LogP contribution is -2.45. The van der Waals surface area contributed by atoms with Crippen LogP contribution in [-0.2, 0) is 6.42 Å². The van der Waals surface area contributed by atoms with Gasteiger partial charge < -0.3 is 20.5 Å². The summed E-state index contributed by atoms with van der Waals surface area (Å²) in [5, 5.41) is 8.00. The first kappa shape index (κ1) is 19.2. The van der Waals surface area contributed by atoms with Crippen LogP contribution in [-0.4, -0.2) is 43.7 Å². The van der Waals surface area contributed by atoms with Gasteiger partial charge in [0.2, 0.25) is 0 Å². The van der Waals surface area contributed by atoms with Gasteiger partial charge in [-0.3, -0.25) is 4.99 Å². The standard InChI is InChI=1S/C22H25F2N5/c1-25-22(26-10-8-15-13-27-20-5-3-2-4-18(15)20)28-17-9-11-29(14-17)21-7-6-16(23)12-19(21)24/h2-7,12-13,17,27H,8-11,14H2,1H3,(H2,25,26,28). The molecule has 2 aromatic carbocycles. The minimum atomic E-state index is -0.556. The topological polar surface area (TPSA) is 55.5 Å². The van der Waals surface area contributed by atoms with Gasteiger partial charge in [0.1, 0.15) is 11.6 Å². The third-order valence-electron chi connectivity index (χ3n) is 5.36. The maximum absolute atomic E-state index is 14.0. The van der Waals surface area contributed by atoms with Gasteiger partial charge in [-0.1, -0.05) is 18.2 Å². The molecule has 1 aliphatic rings. The number of H-pyrrole nitrogens is 1. The number of anilines is 1. The Morgan fingerprint density at radius 3 is 2.93 bits per heavy atom. The van der Waals surface area contributed by atoms with E-state index in [1.54, 1.807) is 7.05 Å². The number of rotatable bonds is 5. The summed E-state index contributed by atoms with van der Waals surface area (Å²) < 4.78 is 27.2. The van der Waals surface area contributed by atoms with Crippen molar-refractivity contribution in [3.8, 4) is 0 Å². The second-order valence-electron chi connectivity index (χ2n) is 7.28. The zero-order chi connectivity index (χ0) is 20.2. The average Bonchev–Trinajstić information content (AvgIpc) is 3.34. The molecule has 5 nitrogen and oxygen atoms in total. The van der Waals surface area contributed by atoms with Gasteiger partial charge >= 0.3 is 0 Å². The number of aromatic amines is 1. The molecule has 0 spiro atoms. The van der Waals surface area contributed by atoms with Gasteiger partial charge in [-0.15, -0.1) is 0 Å². The van der Waals surface area contributed by atoms with Crippen LogP contribution in [0.5, 0.6) is 0 Å². The predicted octanol–water partition coefficient (Wildman–Crippen LogP) is 3.43. The molecule has 3 N–H and O–H groups in total. The highest BCUT2D eigenvalue weighted by atomic mass is 19.1. The summed E-state index contributed by atoms with van der Waals surface area (Å²) in [5.41, 5.74) is 2.85. The monoisotopic (exact) mass is 397 g/mol. The Kier molecular flexibility index (Phi) is 5.64. The molecule has 1 atom stereocenters. The number of nitrogens with one attached hydrogen (secondary N) is 3. The quantitative estimate of drug-likeness (QED) is 0.457. The number of fused-ring (bicyclic) bond motifs is 1. The van der Waals surface area contributed by atoms with Crippen molar-refractivity contribution in [2.24, 2.45) is 4.99 Å². The van der Waals surface area contributed by atoms with Crippen molar-refractivity contribution in [2.75, 3.05) is 31.6 Å². The van der Waals surface area contributed by atoms with E-state index in [0.29, 0.717) is 18.8 Å². The van der Waals surface area contributed by atoms with Crippen LogP contribution in [0.4, 0.5) is 14.5 Å². The van der Waals surface area contributed by atoms with Gasteiger partial charge in [-0.05, 0) is 36.6 Å². The number of aliphatic imine (C=N–C) groups is 1. The van der Waals surface area contributed by atoms with Crippen LogP contribution in [0.15, 0.2) is 53.7 Å². The van der Waals surface area contributed by atoms with Crippen LogP contribution in [0.1, 0.15) is 12.0 Å². The Morgan fingerprint density at radius 1 is 1.24 bits per heavy atom. The third-order valence-corrected chi connectivity index (χ3v) is 5.36. The Labute approximate surface area is 168 Å². The van der Waals surface area contributed by atoms with Crippen molar-refractivity contribution in [3.05, 3.63) is 65.9 Å². The lowest BCUT2D eigenvalue weighted by molar-refractivity contribution is 0.580. The molecule has 0 amide bonds. The van der Waals surface area contributed by atoms with Crippen molar-refractivity contribution in [2.45, 2.75) is 18.9 Å². The van der Waals surface area contributed by atoms with E-state index in [4.69, 9.17) is 0 Å². The molecule has 7 heteroatoms. The first-order valence-corrected chi connectivity index (χ1v) is 9.86. The molecule has 1 aliphatic heterocycles. The minimum absolute atomic E-state index is 0.152. The smallest absolute Gasteiger partial charge is 0.191 e. The Hall–Kier alpha value is -3.09. The highest BCUT2D eigenvalue weighted by Crippen LogP contribution is 2.24. The highest BCUT2D eigenvalue weighted by Gasteiger charge is 2.25. The lowest BCUT2D eigenvalue weighted by Gasteiger charge is -2.21. The normalized spacial score (nSPS) is 17.1. The fourth-order valence-corrected chi connectivity index (χ4v) is 3.88. The summed E-state index contributed by atoms with van der Waals surface area (Å²) in [7, 11) is 1.74. The molecule has 29 heavy (non-hydrogen) atoms. The van der Waals surface area contributed by atoms with E-state index in [1.165, 1.54) is 23.1 Å².